The second-order valence-corrected chi connectivity index (χ2v) is 7.01. The maximum atomic E-state index is 4.79. The van der Waals surface area contributed by atoms with Gasteiger partial charge in [-0.1, -0.05) is 20.8 Å². The normalized spacial score (nSPS) is 15.8. The van der Waals surface area contributed by atoms with Gasteiger partial charge in [-0.2, -0.15) is 5.10 Å². The SMILES string of the molecule is CCn1nccc1CN1CCc2nc(C(C)(C)C)ncc2C1. The number of aromatic nitrogens is 4. The van der Waals surface area contributed by atoms with Gasteiger partial charge in [-0.3, -0.25) is 9.58 Å². The summed E-state index contributed by atoms with van der Waals surface area (Å²) in [6.07, 6.45) is 4.91. The Bertz CT molecular complexity index is 653. The summed E-state index contributed by atoms with van der Waals surface area (Å²) in [5.74, 6) is 0.948. The molecule has 0 spiro atoms. The second-order valence-electron chi connectivity index (χ2n) is 7.01. The Balaban J connectivity index is 1.74. The predicted octanol–water partition coefficient (Wildman–Crippen LogP) is 2.55. The molecule has 0 radical (unpaired) electrons. The minimum absolute atomic E-state index is 0.0137. The molecule has 2 aromatic rings. The molecule has 0 N–H and O–H groups in total. The second kappa shape index (κ2) is 5.80. The number of nitrogens with zero attached hydrogens (tertiary/aromatic N) is 5. The van der Waals surface area contributed by atoms with Crippen LogP contribution in [0.25, 0.3) is 0 Å². The van der Waals surface area contributed by atoms with Crippen molar-refractivity contribution in [2.24, 2.45) is 0 Å². The third-order valence-corrected chi connectivity index (χ3v) is 4.17. The quantitative estimate of drug-likeness (QED) is 0.874. The largest absolute Gasteiger partial charge is 0.293 e. The maximum Gasteiger partial charge on any atom is 0.133 e. The van der Waals surface area contributed by atoms with Crippen LogP contribution in [0.15, 0.2) is 18.5 Å². The molecule has 5 nitrogen and oxygen atoms in total. The van der Waals surface area contributed by atoms with Crippen molar-refractivity contribution < 1.29 is 0 Å². The zero-order valence-electron chi connectivity index (χ0n) is 14.0. The summed E-state index contributed by atoms with van der Waals surface area (Å²) in [7, 11) is 0. The van der Waals surface area contributed by atoms with Gasteiger partial charge in [0.25, 0.3) is 0 Å². The average molecular weight is 299 g/mol. The molecule has 2 aromatic heterocycles. The molecule has 0 saturated carbocycles. The Morgan fingerprint density at radius 1 is 1.27 bits per heavy atom. The van der Waals surface area contributed by atoms with Crippen molar-refractivity contribution >= 4 is 0 Å². The predicted molar refractivity (Wildman–Crippen MR) is 86.5 cm³/mol. The van der Waals surface area contributed by atoms with Crippen molar-refractivity contribution in [3.8, 4) is 0 Å². The van der Waals surface area contributed by atoms with Gasteiger partial charge in [-0.15, -0.1) is 0 Å². The fourth-order valence-electron chi connectivity index (χ4n) is 2.88. The number of fused-ring (bicyclic) bond motifs is 1. The lowest BCUT2D eigenvalue weighted by Gasteiger charge is -2.29. The molecule has 0 aromatic carbocycles. The van der Waals surface area contributed by atoms with Crippen LogP contribution >= 0.6 is 0 Å². The lowest BCUT2D eigenvalue weighted by molar-refractivity contribution is 0.235. The molecule has 0 aliphatic carbocycles. The Hall–Kier alpha value is -1.75. The number of hydrogen-bond acceptors (Lipinski definition) is 4. The van der Waals surface area contributed by atoms with Crippen molar-refractivity contribution in [2.45, 2.75) is 59.2 Å². The summed E-state index contributed by atoms with van der Waals surface area (Å²) >= 11 is 0. The van der Waals surface area contributed by atoms with E-state index < -0.39 is 0 Å². The number of rotatable bonds is 3. The molecular weight excluding hydrogens is 274 g/mol. The van der Waals surface area contributed by atoms with Gasteiger partial charge in [0, 0.05) is 61.7 Å². The first kappa shape index (κ1) is 15.2. The molecule has 0 unspecified atom stereocenters. The molecule has 118 valence electrons. The van der Waals surface area contributed by atoms with Crippen LogP contribution in [0, 0.1) is 0 Å². The summed E-state index contributed by atoms with van der Waals surface area (Å²) in [6, 6.07) is 2.11. The van der Waals surface area contributed by atoms with Crippen LogP contribution in [0.4, 0.5) is 0 Å². The van der Waals surface area contributed by atoms with Gasteiger partial charge < -0.3 is 0 Å². The van der Waals surface area contributed by atoms with E-state index in [4.69, 9.17) is 4.98 Å². The zero-order chi connectivity index (χ0) is 15.7. The maximum absolute atomic E-state index is 4.79. The Labute approximate surface area is 132 Å². The highest BCUT2D eigenvalue weighted by molar-refractivity contribution is 5.22. The molecule has 0 saturated heterocycles. The van der Waals surface area contributed by atoms with Crippen LogP contribution in [0.2, 0.25) is 0 Å². The van der Waals surface area contributed by atoms with Crippen LogP contribution in [0.5, 0.6) is 0 Å². The summed E-state index contributed by atoms with van der Waals surface area (Å²) in [5, 5.41) is 4.35. The molecule has 1 aliphatic rings. The fraction of sp³-hybridized carbons (Fsp3) is 0.588. The summed E-state index contributed by atoms with van der Waals surface area (Å²) in [5.41, 5.74) is 3.78. The van der Waals surface area contributed by atoms with Crippen molar-refractivity contribution in [3.63, 3.8) is 0 Å². The summed E-state index contributed by atoms with van der Waals surface area (Å²) in [4.78, 5) is 11.8. The van der Waals surface area contributed by atoms with Gasteiger partial charge >= 0.3 is 0 Å². The number of aryl methyl sites for hydroxylation is 1. The summed E-state index contributed by atoms with van der Waals surface area (Å²) in [6.45, 7) is 12.4. The van der Waals surface area contributed by atoms with E-state index in [9.17, 15) is 0 Å². The van der Waals surface area contributed by atoms with Gasteiger partial charge in [0.2, 0.25) is 0 Å². The topological polar surface area (TPSA) is 46.8 Å². The van der Waals surface area contributed by atoms with Gasteiger partial charge in [0.05, 0.1) is 5.69 Å². The standard InChI is InChI=1S/C17H25N5/c1-5-22-14(6-8-19-22)12-21-9-7-15-13(11-21)10-18-16(20-15)17(2,3)4/h6,8,10H,5,7,9,11-12H2,1-4H3. The molecule has 0 atom stereocenters. The van der Waals surface area contributed by atoms with Crippen LogP contribution < -0.4 is 0 Å². The molecule has 0 bridgehead atoms. The van der Waals surface area contributed by atoms with E-state index in [2.05, 4.69) is 53.4 Å². The Morgan fingerprint density at radius 3 is 2.82 bits per heavy atom. The van der Waals surface area contributed by atoms with Crippen molar-refractivity contribution in [3.05, 3.63) is 41.2 Å². The number of hydrogen-bond donors (Lipinski definition) is 0. The fourth-order valence-corrected chi connectivity index (χ4v) is 2.88. The van der Waals surface area contributed by atoms with Crippen LogP contribution in [-0.2, 0) is 31.5 Å². The van der Waals surface area contributed by atoms with E-state index >= 15 is 0 Å². The molecule has 0 fully saturated rings. The molecular formula is C17H25N5. The third kappa shape index (κ3) is 3.04. The van der Waals surface area contributed by atoms with E-state index in [1.165, 1.54) is 17.0 Å². The van der Waals surface area contributed by atoms with E-state index in [0.717, 1.165) is 38.4 Å². The highest BCUT2D eigenvalue weighted by Gasteiger charge is 2.23. The Morgan fingerprint density at radius 2 is 2.09 bits per heavy atom. The highest BCUT2D eigenvalue weighted by Crippen LogP contribution is 2.23. The van der Waals surface area contributed by atoms with Crippen LogP contribution in [0.1, 0.15) is 50.5 Å². The summed E-state index contributed by atoms with van der Waals surface area (Å²) < 4.78 is 2.06. The smallest absolute Gasteiger partial charge is 0.133 e. The highest BCUT2D eigenvalue weighted by atomic mass is 15.3. The van der Waals surface area contributed by atoms with E-state index in [1.807, 2.05) is 12.4 Å². The van der Waals surface area contributed by atoms with Crippen LogP contribution in [-0.4, -0.2) is 31.2 Å². The molecule has 3 rings (SSSR count). The minimum Gasteiger partial charge on any atom is -0.293 e. The monoisotopic (exact) mass is 299 g/mol. The first-order valence-electron chi connectivity index (χ1n) is 8.05. The molecule has 0 amide bonds. The van der Waals surface area contributed by atoms with Crippen molar-refractivity contribution in [1.82, 2.24) is 24.6 Å². The van der Waals surface area contributed by atoms with E-state index in [0.29, 0.717) is 0 Å². The molecule has 22 heavy (non-hydrogen) atoms. The lowest BCUT2D eigenvalue weighted by Crippen LogP contribution is -2.32. The Kier molecular flexibility index (Phi) is 4.00. The first-order chi connectivity index (χ1) is 10.5. The van der Waals surface area contributed by atoms with Gasteiger partial charge in [-0.25, -0.2) is 9.97 Å². The van der Waals surface area contributed by atoms with E-state index in [1.54, 1.807) is 0 Å². The van der Waals surface area contributed by atoms with Gasteiger partial charge in [0.15, 0.2) is 0 Å². The molecule has 3 heterocycles. The minimum atomic E-state index is 0.0137. The molecule has 1 aliphatic heterocycles. The van der Waals surface area contributed by atoms with Gasteiger partial charge in [-0.05, 0) is 13.0 Å². The molecule has 5 heteroatoms. The van der Waals surface area contributed by atoms with Gasteiger partial charge in [0.1, 0.15) is 5.82 Å². The van der Waals surface area contributed by atoms with Crippen molar-refractivity contribution in [2.75, 3.05) is 6.54 Å². The van der Waals surface area contributed by atoms with E-state index in [-0.39, 0.29) is 5.41 Å². The zero-order valence-corrected chi connectivity index (χ0v) is 14.0. The lowest BCUT2D eigenvalue weighted by atomic mass is 9.95. The average Bonchev–Trinajstić information content (AvgIpc) is 2.93. The first-order valence-corrected chi connectivity index (χ1v) is 8.05. The van der Waals surface area contributed by atoms with Crippen LogP contribution in [0.3, 0.4) is 0 Å². The van der Waals surface area contributed by atoms with Crippen molar-refractivity contribution in [1.29, 1.82) is 0 Å². The third-order valence-electron chi connectivity index (χ3n) is 4.17.